The van der Waals surface area contributed by atoms with Gasteiger partial charge in [-0.3, -0.25) is 14.5 Å². The van der Waals surface area contributed by atoms with Gasteiger partial charge in [0.25, 0.3) is 0 Å². The molecule has 3 atom stereocenters. The Bertz CT molecular complexity index is 378. The number of nitrogens with zero attached hydrogens (tertiary/aromatic N) is 1. The van der Waals surface area contributed by atoms with Crippen LogP contribution in [0.1, 0.15) is 46.0 Å². The molecule has 2 fully saturated rings. The van der Waals surface area contributed by atoms with Gasteiger partial charge in [0.1, 0.15) is 0 Å². The van der Waals surface area contributed by atoms with Gasteiger partial charge in [-0.25, -0.2) is 0 Å². The Morgan fingerprint density at radius 1 is 1.19 bits per heavy atom. The molecular formula is C16H28N2O3. The maximum Gasteiger partial charge on any atom is 0.306 e. The molecule has 1 amide bonds. The largest absolute Gasteiger partial charge is 0.481 e. The second kappa shape index (κ2) is 7.25. The molecule has 2 N–H and O–H groups in total. The fourth-order valence-corrected chi connectivity index (χ4v) is 3.65. The predicted molar refractivity (Wildman–Crippen MR) is 80.9 cm³/mol. The van der Waals surface area contributed by atoms with Crippen LogP contribution < -0.4 is 5.32 Å². The van der Waals surface area contributed by atoms with E-state index in [1.807, 2.05) is 0 Å². The highest BCUT2D eigenvalue weighted by Gasteiger charge is 2.34. The molecule has 21 heavy (non-hydrogen) atoms. The monoisotopic (exact) mass is 296 g/mol. The molecule has 1 heterocycles. The molecule has 1 saturated carbocycles. The van der Waals surface area contributed by atoms with E-state index in [2.05, 4.69) is 24.1 Å². The number of likely N-dealkylation sites (tertiary alicyclic amines) is 1. The van der Waals surface area contributed by atoms with E-state index in [0.29, 0.717) is 37.8 Å². The van der Waals surface area contributed by atoms with Gasteiger partial charge in [-0.05, 0) is 51.1 Å². The Hall–Kier alpha value is -1.10. The molecule has 5 nitrogen and oxygen atoms in total. The van der Waals surface area contributed by atoms with E-state index < -0.39 is 5.97 Å². The van der Waals surface area contributed by atoms with Crippen molar-refractivity contribution >= 4 is 11.9 Å². The van der Waals surface area contributed by atoms with Gasteiger partial charge >= 0.3 is 5.97 Å². The van der Waals surface area contributed by atoms with Gasteiger partial charge in [0.15, 0.2) is 0 Å². The smallest absolute Gasteiger partial charge is 0.306 e. The summed E-state index contributed by atoms with van der Waals surface area (Å²) in [4.78, 5) is 25.7. The zero-order valence-electron chi connectivity index (χ0n) is 13.2. The second-order valence-electron chi connectivity index (χ2n) is 6.84. The van der Waals surface area contributed by atoms with Crippen molar-refractivity contribution in [3.63, 3.8) is 0 Å². The molecule has 1 aliphatic carbocycles. The molecule has 120 valence electrons. The summed E-state index contributed by atoms with van der Waals surface area (Å²) in [7, 11) is 0. The standard InChI is InChI=1S/C16H28N2O3/c1-11(2)14(18-7-3-4-8-18)10-17-15(19)12-5-6-13(9-12)16(20)21/h11-14H,3-10H2,1-2H3,(H,17,19)(H,20,21)/t12-,13+,14?/m1/s1. The molecule has 1 unspecified atom stereocenters. The van der Waals surface area contributed by atoms with Crippen molar-refractivity contribution in [1.29, 1.82) is 0 Å². The first kappa shape index (κ1) is 16.3. The first-order valence-electron chi connectivity index (χ1n) is 8.23. The summed E-state index contributed by atoms with van der Waals surface area (Å²) in [6.45, 7) is 7.34. The number of hydrogen-bond donors (Lipinski definition) is 2. The predicted octanol–water partition coefficient (Wildman–Crippen LogP) is 1.72. The van der Waals surface area contributed by atoms with Crippen molar-refractivity contribution in [3.05, 3.63) is 0 Å². The minimum atomic E-state index is -0.762. The highest BCUT2D eigenvalue weighted by atomic mass is 16.4. The number of carbonyl (C=O) groups is 2. The number of carboxylic acids is 1. The van der Waals surface area contributed by atoms with Gasteiger partial charge in [0.2, 0.25) is 5.91 Å². The number of amides is 1. The normalized spacial score (nSPS) is 28.0. The average molecular weight is 296 g/mol. The number of rotatable bonds is 6. The lowest BCUT2D eigenvalue weighted by Crippen LogP contribution is -2.46. The molecule has 0 bridgehead atoms. The highest BCUT2D eigenvalue weighted by molar-refractivity contribution is 5.80. The van der Waals surface area contributed by atoms with Gasteiger partial charge < -0.3 is 10.4 Å². The summed E-state index contributed by atoms with van der Waals surface area (Å²) < 4.78 is 0. The Morgan fingerprint density at radius 3 is 2.33 bits per heavy atom. The van der Waals surface area contributed by atoms with Gasteiger partial charge in [0, 0.05) is 18.5 Å². The van der Waals surface area contributed by atoms with Crippen LogP contribution in [-0.2, 0) is 9.59 Å². The maximum atomic E-state index is 12.2. The summed E-state index contributed by atoms with van der Waals surface area (Å²) >= 11 is 0. The lowest BCUT2D eigenvalue weighted by molar-refractivity contribution is -0.141. The zero-order chi connectivity index (χ0) is 15.4. The topological polar surface area (TPSA) is 69.6 Å². The lowest BCUT2D eigenvalue weighted by atomic mass is 10.0. The van der Waals surface area contributed by atoms with Crippen LogP contribution in [0.25, 0.3) is 0 Å². The molecule has 0 radical (unpaired) electrons. The number of carboxylic acid groups (broad SMARTS) is 1. The van der Waals surface area contributed by atoms with Crippen LogP contribution in [0.2, 0.25) is 0 Å². The molecule has 0 aromatic rings. The highest BCUT2D eigenvalue weighted by Crippen LogP contribution is 2.31. The molecule has 1 aliphatic heterocycles. The van der Waals surface area contributed by atoms with Crippen LogP contribution in [0, 0.1) is 17.8 Å². The summed E-state index contributed by atoms with van der Waals surface area (Å²) in [5, 5.41) is 12.1. The molecule has 0 aromatic carbocycles. The van der Waals surface area contributed by atoms with E-state index in [-0.39, 0.29) is 17.7 Å². The Morgan fingerprint density at radius 2 is 1.81 bits per heavy atom. The van der Waals surface area contributed by atoms with Crippen molar-refractivity contribution in [2.24, 2.45) is 17.8 Å². The van der Waals surface area contributed by atoms with E-state index in [1.165, 1.54) is 12.8 Å². The molecule has 2 rings (SSSR count). The minimum Gasteiger partial charge on any atom is -0.481 e. The molecule has 5 heteroatoms. The van der Waals surface area contributed by atoms with Crippen LogP contribution in [0.15, 0.2) is 0 Å². The Labute approximate surface area is 127 Å². The number of nitrogens with one attached hydrogen (secondary N) is 1. The third-order valence-electron chi connectivity index (χ3n) is 5.02. The zero-order valence-corrected chi connectivity index (χ0v) is 13.2. The number of carbonyl (C=O) groups excluding carboxylic acids is 1. The van der Waals surface area contributed by atoms with Crippen LogP contribution in [-0.4, -0.2) is 47.6 Å². The minimum absolute atomic E-state index is 0.0450. The van der Waals surface area contributed by atoms with Gasteiger partial charge in [0.05, 0.1) is 5.92 Å². The number of aliphatic carboxylic acids is 1. The molecule has 0 aromatic heterocycles. The van der Waals surface area contributed by atoms with Gasteiger partial charge in [-0.15, -0.1) is 0 Å². The molecule has 1 saturated heterocycles. The van der Waals surface area contributed by atoms with E-state index in [9.17, 15) is 9.59 Å². The molecule has 0 spiro atoms. The van der Waals surface area contributed by atoms with Crippen molar-refractivity contribution in [3.8, 4) is 0 Å². The Balaban J connectivity index is 1.80. The van der Waals surface area contributed by atoms with Crippen molar-refractivity contribution in [1.82, 2.24) is 10.2 Å². The quantitative estimate of drug-likeness (QED) is 0.783. The number of hydrogen-bond acceptors (Lipinski definition) is 3. The Kier molecular flexibility index (Phi) is 5.62. The third kappa shape index (κ3) is 4.19. The van der Waals surface area contributed by atoms with Gasteiger partial charge in [-0.1, -0.05) is 13.8 Å². The molecule has 2 aliphatic rings. The van der Waals surface area contributed by atoms with E-state index in [1.54, 1.807) is 0 Å². The maximum absolute atomic E-state index is 12.2. The average Bonchev–Trinajstić information content (AvgIpc) is 3.09. The van der Waals surface area contributed by atoms with E-state index >= 15 is 0 Å². The van der Waals surface area contributed by atoms with Crippen LogP contribution in [0.3, 0.4) is 0 Å². The van der Waals surface area contributed by atoms with Crippen LogP contribution in [0.4, 0.5) is 0 Å². The molecular weight excluding hydrogens is 268 g/mol. The van der Waals surface area contributed by atoms with Crippen LogP contribution >= 0.6 is 0 Å². The fourth-order valence-electron chi connectivity index (χ4n) is 3.65. The van der Waals surface area contributed by atoms with Crippen LogP contribution in [0.5, 0.6) is 0 Å². The van der Waals surface area contributed by atoms with Gasteiger partial charge in [-0.2, -0.15) is 0 Å². The third-order valence-corrected chi connectivity index (χ3v) is 5.02. The second-order valence-corrected chi connectivity index (χ2v) is 6.84. The summed E-state index contributed by atoms with van der Waals surface area (Å²) in [5.41, 5.74) is 0. The van der Waals surface area contributed by atoms with Crippen molar-refractivity contribution in [2.75, 3.05) is 19.6 Å². The lowest BCUT2D eigenvalue weighted by Gasteiger charge is -2.31. The van der Waals surface area contributed by atoms with Crippen molar-refractivity contribution < 1.29 is 14.7 Å². The summed E-state index contributed by atoms with van der Waals surface area (Å²) in [6, 6.07) is 0.396. The first-order chi connectivity index (χ1) is 9.99. The summed E-state index contributed by atoms with van der Waals surface area (Å²) in [6.07, 6.45) is 4.34. The van der Waals surface area contributed by atoms with E-state index in [4.69, 9.17) is 5.11 Å². The SMILES string of the molecule is CC(C)C(CNC(=O)[C@@H]1CC[C@H](C(=O)O)C1)N1CCCC1. The van der Waals surface area contributed by atoms with E-state index in [0.717, 1.165) is 13.1 Å². The van der Waals surface area contributed by atoms with Crippen molar-refractivity contribution in [2.45, 2.75) is 52.0 Å². The summed E-state index contributed by atoms with van der Waals surface area (Å²) in [5.74, 6) is -0.650. The fraction of sp³-hybridized carbons (Fsp3) is 0.875. The first-order valence-corrected chi connectivity index (χ1v) is 8.23.